The number of rotatable bonds is 2. The van der Waals surface area contributed by atoms with Crippen LogP contribution in [0, 0.1) is 5.92 Å². The Balaban J connectivity index is 1.73. The van der Waals surface area contributed by atoms with E-state index >= 15 is 0 Å². The summed E-state index contributed by atoms with van der Waals surface area (Å²) in [5.41, 5.74) is 11.2. The Labute approximate surface area is 223 Å². The van der Waals surface area contributed by atoms with Gasteiger partial charge in [-0.05, 0) is 30.2 Å². The van der Waals surface area contributed by atoms with Crippen molar-refractivity contribution in [3.05, 3.63) is 115 Å². The van der Waals surface area contributed by atoms with Gasteiger partial charge in [0.25, 0.3) is 0 Å². The second kappa shape index (κ2) is 8.74. The van der Waals surface area contributed by atoms with Crippen LogP contribution in [-0.2, 0) is 4.79 Å². The molecule has 2 aliphatic rings. The van der Waals surface area contributed by atoms with Crippen LogP contribution >= 0.6 is 0 Å². The fraction of sp³-hybridized carbons (Fsp3) is 0.114. The largest absolute Gasteiger partial charge is 0.311 e. The molecule has 0 N–H and O–H groups in total. The number of benzene rings is 4. The van der Waals surface area contributed by atoms with E-state index in [4.69, 9.17) is 0 Å². The molecule has 7 rings (SSSR count). The monoisotopic (exact) mass is 492 g/mol. The summed E-state index contributed by atoms with van der Waals surface area (Å²) in [7, 11) is 0. The molecule has 1 amide bonds. The third kappa shape index (κ3) is 3.25. The molecular formula is C35H28N2O. The molecule has 1 unspecified atom stereocenters. The number of carbonyl (C=O) groups is 1. The minimum atomic E-state index is 0.00377. The summed E-state index contributed by atoms with van der Waals surface area (Å²) in [5, 5.41) is 1.19. The van der Waals surface area contributed by atoms with Gasteiger partial charge in [-0.3, -0.25) is 9.69 Å². The maximum absolute atomic E-state index is 13.2. The van der Waals surface area contributed by atoms with Gasteiger partial charge in [0.05, 0.1) is 22.6 Å². The Kier molecular flexibility index (Phi) is 5.19. The van der Waals surface area contributed by atoms with Gasteiger partial charge in [0.15, 0.2) is 0 Å². The number of allylic oxidation sites excluding steroid dienone is 4. The summed E-state index contributed by atoms with van der Waals surface area (Å²) in [6.07, 6.45) is 7.68. The molecule has 2 heterocycles. The Morgan fingerprint density at radius 2 is 1.42 bits per heavy atom. The van der Waals surface area contributed by atoms with E-state index in [1.54, 1.807) is 6.92 Å². The van der Waals surface area contributed by atoms with Crippen LogP contribution in [0.25, 0.3) is 50.1 Å². The molecule has 184 valence electrons. The quantitative estimate of drug-likeness (QED) is 0.241. The van der Waals surface area contributed by atoms with Crippen molar-refractivity contribution < 1.29 is 4.79 Å². The molecule has 0 saturated heterocycles. The Morgan fingerprint density at radius 3 is 2.16 bits per heavy atom. The van der Waals surface area contributed by atoms with E-state index in [0.717, 1.165) is 34.6 Å². The van der Waals surface area contributed by atoms with Crippen LogP contribution in [-0.4, -0.2) is 10.5 Å². The normalized spacial score (nSPS) is 15.9. The summed E-state index contributed by atoms with van der Waals surface area (Å²) in [4.78, 5) is 15.1. The molecule has 1 aromatic heterocycles. The average molecular weight is 493 g/mol. The van der Waals surface area contributed by atoms with E-state index in [9.17, 15) is 4.79 Å². The number of amides is 1. The summed E-state index contributed by atoms with van der Waals surface area (Å²) in [5.74, 6) is 0.349. The van der Waals surface area contributed by atoms with Gasteiger partial charge in [-0.1, -0.05) is 104 Å². The third-order valence-corrected chi connectivity index (χ3v) is 7.86. The highest BCUT2D eigenvalue weighted by Gasteiger charge is 2.33. The van der Waals surface area contributed by atoms with Crippen molar-refractivity contribution in [1.82, 2.24) is 4.57 Å². The predicted octanol–water partition coefficient (Wildman–Crippen LogP) is 9.08. The third-order valence-electron chi connectivity index (χ3n) is 7.86. The topological polar surface area (TPSA) is 25.2 Å². The zero-order valence-electron chi connectivity index (χ0n) is 21.6. The Bertz CT molecular complexity index is 1790. The lowest BCUT2D eigenvalue weighted by Gasteiger charge is -2.26. The van der Waals surface area contributed by atoms with E-state index < -0.39 is 0 Å². The first-order valence-electron chi connectivity index (χ1n) is 13.2. The maximum Gasteiger partial charge on any atom is 0.228 e. The van der Waals surface area contributed by atoms with E-state index in [0.29, 0.717) is 5.92 Å². The molecule has 3 heteroatoms. The fourth-order valence-electron chi connectivity index (χ4n) is 6.22. The molecule has 1 atom stereocenters. The van der Waals surface area contributed by atoms with Crippen molar-refractivity contribution in [2.24, 2.45) is 5.92 Å². The second-order valence-electron chi connectivity index (χ2n) is 10.2. The number of hydrogen-bond acceptors (Lipinski definition) is 1. The molecular weight excluding hydrogens is 464 g/mol. The highest BCUT2D eigenvalue weighted by Crippen LogP contribution is 2.54. The summed E-state index contributed by atoms with van der Waals surface area (Å²) in [6.45, 7) is 3.96. The summed E-state index contributed by atoms with van der Waals surface area (Å²) in [6, 6.07) is 34.0. The zero-order valence-corrected chi connectivity index (χ0v) is 21.6. The van der Waals surface area contributed by atoms with E-state index in [2.05, 4.69) is 115 Å². The average Bonchev–Trinajstić information content (AvgIpc) is 3.22. The number of nitrogens with zero attached hydrogens (tertiary/aromatic N) is 2. The molecule has 0 bridgehead atoms. The number of aromatic nitrogens is 1. The molecule has 1 aliphatic heterocycles. The molecule has 0 fully saturated rings. The molecule has 4 aromatic carbocycles. The van der Waals surface area contributed by atoms with Gasteiger partial charge in [0.2, 0.25) is 5.91 Å². The van der Waals surface area contributed by atoms with Gasteiger partial charge >= 0.3 is 0 Å². The van der Waals surface area contributed by atoms with Gasteiger partial charge in [-0.2, -0.15) is 0 Å². The lowest BCUT2D eigenvalue weighted by Crippen LogP contribution is -2.23. The minimum absolute atomic E-state index is 0.00377. The Morgan fingerprint density at radius 1 is 0.763 bits per heavy atom. The number of hydrogen-bond donors (Lipinski definition) is 0. The van der Waals surface area contributed by atoms with Gasteiger partial charge in [-0.15, -0.1) is 0 Å². The van der Waals surface area contributed by atoms with Crippen molar-refractivity contribution >= 4 is 33.9 Å². The van der Waals surface area contributed by atoms with Crippen LogP contribution < -0.4 is 4.90 Å². The molecule has 0 radical (unpaired) electrons. The molecule has 38 heavy (non-hydrogen) atoms. The standard InChI is InChI=1S/C35H28N2O/c1-23-13-6-9-20-30(23)37-34-26(25-14-4-3-5-15-25)18-12-19-29(34)33-27-16-7-10-21-31(27)36(24(2)38)32-22-11-8-17-28(32)35(33)37/h3-12,14-23H,13H2,1-2H3. The van der Waals surface area contributed by atoms with Crippen molar-refractivity contribution in [3.8, 4) is 33.5 Å². The Hall–Kier alpha value is -4.63. The van der Waals surface area contributed by atoms with Gasteiger partial charge in [0.1, 0.15) is 0 Å². The highest BCUT2D eigenvalue weighted by molar-refractivity contribution is 6.18. The summed E-state index contributed by atoms with van der Waals surface area (Å²) >= 11 is 0. The van der Waals surface area contributed by atoms with Gasteiger partial charge in [-0.25, -0.2) is 0 Å². The first-order valence-corrected chi connectivity index (χ1v) is 13.2. The highest BCUT2D eigenvalue weighted by atomic mass is 16.2. The van der Waals surface area contributed by atoms with Crippen molar-refractivity contribution in [2.75, 3.05) is 4.90 Å². The van der Waals surface area contributed by atoms with Crippen LogP contribution in [0.4, 0.5) is 11.4 Å². The zero-order chi connectivity index (χ0) is 25.8. The molecule has 3 nitrogen and oxygen atoms in total. The van der Waals surface area contributed by atoms with Crippen molar-refractivity contribution in [2.45, 2.75) is 20.3 Å². The lowest BCUT2D eigenvalue weighted by molar-refractivity contribution is -0.115. The molecule has 0 spiro atoms. The number of para-hydroxylation sites is 3. The number of fused-ring (bicyclic) bond motifs is 7. The first-order chi connectivity index (χ1) is 18.6. The first kappa shape index (κ1) is 22.6. The fourth-order valence-corrected chi connectivity index (χ4v) is 6.22. The molecule has 0 saturated carbocycles. The van der Waals surface area contributed by atoms with Gasteiger partial charge < -0.3 is 4.57 Å². The van der Waals surface area contributed by atoms with Crippen LogP contribution in [0.3, 0.4) is 0 Å². The number of anilines is 2. The predicted molar refractivity (Wildman–Crippen MR) is 158 cm³/mol. The molecule has 5 aromatic rings. The van der Waals surface area contributed by atoms with Crippen LogP contribution in [0.5, 0.6) is 0 Å². The van der Waals surface area contributed by atoms with E-state index in [1.807, 2.05) is 17.0 Å². The van der Waals surface area contributed by atoms with Crippen molar-refractivity contribution in [3.63, 3.8) is 0 Å². The SMILES string of the molecule is CC(=O)N1c2ccccc2-c2c(n(C3=CC=CCC3C)c3c(-c4ccccc4)cccc23)-c2ccccc21. The maximum atomic E-state index is 13.2. The van der Waals surface area contributed by atoms with Crippen LogP contribution in [0.1, 0.15) is 20.3 Å². The second-order valence-corrected chi connectivity index (χ2v) is 10.2. The van der Waals surface area contributed by atoms with Gasteiger partial charge in [0, 0.05) is 46.2 Å². The van der Waals surface area contributed by atoms with E-state index in [1.165, 1.54) is 33.3 Å². The minimum Gasteiger partial charge on any atom is -0.311 e. The smallest absolute Gasteiger partial charge is 0.228 e. The lowest BCUT2D eigenvalue weighted by atomic mass is 9.96. The van der Waals surface area contributed by atoms with E-state index in [-0.39, 0.29) is 5.91 Å². The molecule has 1 aliphatic carbocycles. The summed E-state index contributed by atoms with van der Waals surface area (Å²) < 4.78 is 2.49. The van der Waals surface area contributed by atoms with Crippen LogP contribution in [0.15, 0.2) is 115 Å². The number of carbonyl (C=O) groups excluding carboxylic acids is 1. The van der Waals surface area contributed by atoms with Crippen LogP contribution in [0.2, 0.25) is 0 Å². The van der Waals surface area contributed by atoms with Crippen molar-refractivity contribution in [1.29, 1.82) is 0 Å².